The average molecular weight is 317 g/mol. The third-order valence-electron chi connectivity index (χ3n) is 2.04. The molecule has 0 aromatic carbocycles. The van der Waals surface area contributed by atoms with E-state index in [1.165, 1.54) is 7.05 Å². The number of hydrogen-bond donors (Lipinski definition) is 1. The molecule has 0 spiro atoms. The van der Waals surface area contributed by atoms with Gasteiger partial charge in [0.1, 0.15) is 6.20 Å². The van der Waals surface area contributed by atoms with E-state index in [1.807, 2.05) is 0 Å². The Balaban J connectivity index is 2.52. The number of rotatable bonds is 3. The summed E-state index contributed by atoms with van der Waals surface area (Å²) in [5.74, 6) is 0. The topological polar surface area (TPSA) is 137 Å². The van der Waals surface area contributed by atoms with Crippen molar-refractivity contribution in [2.75, 3.05) is 0 Å². The molecular weight excluding hydrogens is 312 g/mol. The Morgan fingerprint density at radius 2 is 2.15 bits per heavy atom. The van der Waals surface area contributed by atoms with Crippen molar-refractivity contribution in [1.29, 1.82) is 0 Å². The molecule has 0 atom stereocenters. The van der Waals surface area contributed by atoms with Crippen LogP contribution in [-0.2, 0) is 7.05 Å². The van der Waals surface area contributed by atoms with Crippen molar-refractivity contribution >= 4 is 29.1 Å². The molecule has 20 heavy (non-hydrogen) atoms. The molecule has 2 aromatic heterocycles. The lowest BCUT2D eigenvalue weighted by atomic mass is 10.6. The molecule has 0 saturated heterocycles. The second-order valence-electron chi connectivity index (χ2n) is 3.39. The molecule has 0 saturated carbocycles. The minimum atomic E-state index is -1.01. The van der Waals surface area contributed by atoms with Gasteiger partial charge in [0.2, 0.25) is 5.28 Å². The van der Waals surface area contributed by atoms with Crippen LogP contribution in [0, 0.1) is 10.1 Å². The van der Waals surface area contributed by atoms with E-state index in [2.05, 4.69) is 20.1 Å². The second kappa shape index (κ2) is 5.38. The molecule has 0 unspecified atom stereocenters. The van der Waals surface area contributed by atoms with E-state index in [9.17, 15) is 19.7 Å². The highest BCUT2D eigenvalue weighted by atomic mass is 35.5. The van der Waals surface area contributed by atoms with Crippen molar-refractivity contribution in [2.45, 2.75) is 10.2 Å². The van der Waals surface area contributed by atoms with Gasteiger partial charge in [0.15, 0.2) is 10.2 Å². The zero-order valence-electron chi connectivity index (χ0n) is 9.73. The molecular formula is C8H5ClN6O4S. The van der Waals surface area contributed by atoms with Crippen LogP contribution in [0.5, 0.6) is 0 Å². The number of H-pyrrole nitrogens is 1. The van der Waals surface area contributed by atoms with Crippen molar-refractivity contribution in [2.24, 2.45) is 7.05 Å². The molecule has 12 heteroatoms. The summed E-state index contributed by atoms with van der Waals surface area (Å²) in [6.45, 7) is 0. The average Bonchev–Trinajstić information content (AvgIpc) is 2.35. The van der Waals surface area contributed by atoms with Crippen LogP contribution in [0.25, 0.3) is 0 Å². The molecule has 2 aromatic rings. The van der Waals surface area contributed by atoms with Crippen LogP contribution in [0.2, 0.25) is 5.28 Å². The van der Waals surface area contributed by atoms with Gasteiger partial charge in [-0.25, -0.2) is 9.97 Å². The van der Waals surface area contributed by atoms with Gasteiger partial charge in [-0.05, 0) is 23.4 Å². The molecule has 10 nitrogen and oxygen atoms in total. The van der Waals surface area contributed by atoms with E-state index in [0.717, 1.165) is 10.9 Å². The zero-order valence-corrected chi connectivity index (χ0v) is 11.3. The number of halogens is 1. The molecule has 0 bridgehead atoms. The van der Waals surface area contributed by atoms with Crippen LogP contribution in [0.1, 0.15) is 0 Å². The minimum Gasteiger partial charge on any atom is -0.265 e. The second-order valence-corrected chi connectivity index (χ2v) is 4.68. The first kappa shape index (κ1) is 14.1. The maximum absolute atomic E-state index is 11.2. The zero-order chi connectivity index (χ0) is 14.9. The monoisotopic (exact) mass is 316 g/mol. The Hall–Kier alpha value is -2.27. The fourth-order valence-corrected chi connectivity index (χ4v) is 2.21. The van der Waals surface area contributed by atoms with E-state index in [1.54, 1.807) is 0 Å². The predicted molar refractivity (Wildman–Crippen MR) is 67.9 cm³/mol. The summed E-state index contributed by atoms with van der Waals surface area (Å²) < 4.78 is 1.15. The number of aryl methyl sites for hydroxylation is 1. The van der Waals surface area contributed by atoms with E-state index in [0.29, 0.717) is 11.8 Å². The number of aromatic nitrogens is 5. The minimum absolute atomic E-state index is 0.0208. The van der Waals surface area contributed by atoms with E-state index in [-0.39, 0.29) is 21.2 Å². The number of nitro groups is 1. The lowest BCUT2D eigenvalue weighted by molar-refractivity contribution is -0.388. The molecule has 0 radical (unpaired) electrons. The van der Waals surface area contributed by atoms with Crippen LogP contribution in [-0.4, -0.2) is 29.7 Å². The largest absolute Gasteiger partial charge is 0.339 e. The Labute approximate surface area is 119 Å². The quantitative estimate of drug-likeness (QED) is 0.274. The summed E-state index contributed by atoms with van der Waals surface area (Å²) in [7, 11) is 1.42. The molecule has 2 heterocycles. The Morgan fingerprint density at radius 3 is 2.80 bits per heavy atom. The van der Waals surface area contributed by atoms with Crippen LogP contribution in [0.15, 0.2) is 26.0 Å². The first-order valence-corrected chi connectivity index (χ1v) is 6.10. The van der Waals surface area contributed by atoms with Crippen molar-refractivity contribution in [3.8, 4) is 0 Å². The van der Waals surface area contributed by atoms with E-state index in [4.69, 9.17) is 11.6 Å². The predicted octanol–water partition coefficient (Wildman–Crippen LogP) is -0.0286. The first-order valence-electron chi connectivity index (χ1n) is 4.90. The summed E-state index contributed by atoms with van der Waals surface area (Å²) in [5.41, 5.74) is -2.29. The van der Waals surface area contributed by atoms with Crippen molar-refractivity contribution in [3.63, 3.8) is 0 Å². The molecule has 0 aliphatic rings. The van der Waals surface area contributed by atoms with Gasteiger partial charge in [0.05, 0.1) is 4.92 Å². The molecule has 0 fully saturated rings. The molecule has 1 N–H and O–H groups in total. The molecule has 2 rings (SSSR count). The maximum Gasteiger partial charge on any atom is 0.339 e. The number of hydrogen-bond acceptors (Lipinski definition) is 8. The summed E-state index contributed by atoms with van der Waals surface area (Å²) >= 11 is 6.29. The summed E-state index contributed by atoms with van der Waals surface area (Å²) in [5, 5.41) is 12.8. The molecule has 0 aliphatic carbocycles. The van der Waals surface area contributed by atoms with Crippen LogP contribution in [0.3, 0.4) is 0 Å². The fourth-order valence-electron chi connectivity index (χ4n) is 1.18. The van der Waals surface area contributed by atoms with Gasteiger partial charge in [-0.1, -0.05) is 0 Å². The standard InChI is InChI=1S/C8H5ClN6O4S/c1-14-8(11-4(16)5(17)13-14)20-6-3(15(18)19)2-10-7(9)12-6/h2H,1H3,(H,13,17). The molecule has 0 aliphatic heterocycles. The van der Waals surface area contributed by atoms with Crippen molar-refractivity contribution < 1.29 is 4.92 Å². The summed E-state index contributed by atoms with van der Waals surface area (Å²) in [4.78, 5) is 43.1. The number of aromatic amines is 1. The van der Waals surface area contributed by atoms with Crippen molar-refractivity contribution in [3.05, 3.63) is 42.3 Å². The van der Waals surface area contributed by atoms with Gasteiger partial charge in [-0.15, -0.1) is 0 Å². The highest BCUT2D eigenvalue weighted by molar-refractivity contribution is 7.99. The Kier molecular flexibility index (Phi) is 3.81. The summed E-state index contributed by atoms with van der Waals surface area (Å²) in [6, 6.07) is 0. The Bertz CT molecular complexity index is 802. The van der Waals surface area contributed by atoms with E-state index < -0.39 is 16.0 Å². The van der Waals surface area contributed by atoms with Gasteiger partial charge >= 0.3 is 16.8 Å². The van der Waals surface area contributed by atoms with Gasteiger partial charge in [0, 0.05) is 7.05 Å². The fraction of sp³-hybridized carbons (Fsp3) is 0.125. The molecule has 0 amide bonds. The highest BCUT2D eigenvalue weighted by Gasteiger charge is 2.20. The van der Waals surface area contributed by atoms with Gasteiger partial charge in [-0.2, -0.15) is 4.98 Å². The highest BCUT2D eigenvalue weighted by Crippen LogP contribution is 2.31. The van der Waals surface area contributed by atoms with Gasteiger partial charge in [-0.3, -0.25) is 29.5 Å². The van der Waals surface area contributed by atoms with Gasteiger partial charge < -0.3 is 0 Å². The van der Waals surface area contributed by atoms with Crippen molar-refractivity contribution in [1.82, 2.24) is 24.7 Å². The smallest absolute Gasteiger partial charge is 0.265 e. The Morgan fingerprint density at radius 1 is 1.45 bits per heavy atom. The molecule has 104 valence electrons. The third-order valence-corrected chi connectivity index (χ3v) is 3.26. The lowest BCUT2D eigenvalue weighted by Crippen LogP contribution is -2.33. The number of nitrogens with zero attached hydrogens (tertiary/aromatic N) is 5. The van der Waals surface area contributed by atoms with Crippen LogP contribution < -0.4 is 11.1 Å². The van der Waals surface area contributed by atoms with E-state index >= 15 is 0 Å². The SMILES string of the molecule is Cn1[nH]c(=O)c(=O)nc1Sc1nc(Cl)ncc1[N+](=O)[O-]. The van der Waals surface area contributed by atoms with Crippen LogP contribution in [0.4, 0.5) is 5.69 Å². The maximum atomic E-state index is 11.2. The number of nitrogens with one attached hydrogen (secondary N) is 1. The normalized spacial score (nSPS) is 10.5. The van der Waals surface area contributed by atoms with Crippen LogP contribution >= 0.6 is 23.4 Å². The summed E-state index contributed by atoms with van der Waals surface area (Å²) in [6.07, 6.45) is 0.946. The van der Waals surface area contributed by atoms with Gasteiger partial charge in [0.25, 0.3) is 0 Å². The first-order chi connectivity index (χ1) is 9.38. The third kappa shape index (κ3) is 2.83. The lowest BCUT2D eigenvalue weighted by Gasteiger charge is -2.05.